The van der Waals surface area contributed by atoms with Gasteiger partial charge in [-0.05, 0) is 55.5 Å². The lowest BCUT2D eigenvalue weighted by Crippen LogP contribution is -2.37. The molecule has 0 aliphatic carbocycles. The SMILES string of the molecule is CCCCCN1C(=O)C(c2ccc(OC(C)C)cc2)=C(N2CCc3ccccc3C2)C1=O. The van der Waals surface area contributed by atoms with E-state index in [-0.39, 0.29) is 17.9 Å². The Labute approximate surface area is 190 Å². The van der Waals surface area contributed by atoms with E-state index in [9.17, 15) is 9.59 Å². The van der Waals surface area contributed by atoms with Crippen LogP contribution in [-0.2, 0) is 22.6 Å². The Morgan fingerprint density at radius 1 is 0.938 bits per heavy atom. The van der Waals surface area contributed by atoms with E-state index < -0.39 is 0 Å². The minimum absolute atomic E-state index is 0.0767. The molecular formula is C27H32N2O3. The number of amides is 2. The van der Waals surface area contributed by atoms with Crippen molar-refractivity contribution < 1.29 is 14.3 Å². The van der Waals surface area contributed by atoms with Gasteiger partial charge in [0.1, 0.15) is 11.4 Å². The summed E-state index contributed by atoms with van der Waals surface area (Å²) < 4.78 is 5.76. The maximum Gasteiger partial charge on any atom is 0.277 e. The summed E-state index contributed by atoms with van der Waals surface area (Å²) in [5.41, 5.74) is 4.36. The standard InChI is InChI=1S/C27H32N2O3/c1-4-5-8-16-29-26(30)24(21-11-13-23(14-12-21)32-19(2)3)25(27(29)31)28-17-15-20-9-6-7-10-22(20)18-28/h6-7,9-14,19H,4-5,8,15-18H2,1-3H3. The van der Waals surface area contributed by atoms with Gasteiger partial charge in [-0.15, -0.1) is 0 Å². The first-order chi connectivity index (χ1) is 15.5. The third-order valence-corrected chi connectivity index (χ3v) is 6.09. The van der Waals surface area contributed by atoms with Crippen LogP contribution in [0.5, 0.6) is 5.75 Å². The molecule has 32 heavy (non-hydrogen) atoms. The average Bonchev–Trinajstić information content (AvgIpc) is 3.04. The fourth-order valence-electron chi connectivity index (χ4n) is 4.50. The van der Waals surface area contributed by atoms with Crippen LogP contribution in [0.4, 0.5) is 0 Å². The van der Waals surface area contributed by atoms with Crippen LogP contribution in [0, 0.1) is 0 Å². The van der Waals surface area contributed by atoms with Gasteiger partial charge in [0, 0.05) is 19.6 Å². The monoisotopic (exact) mass is 432 g/mol. The highest BCUT2D eigenvalue weighted by Gasteiger charge is 2.41. The predicted octanol–water partition coefficient (Wildman–Crippen LogP) is 4.80. The molecule has 2 aromatic carbocycles. The third-order valence-electron chi connectivity index (χ3n) is 6.09. The van der Waals surface area contributed by atoms with E-state index >= 15 is 0 Å². The van der Waals surface area contributed by atoms with Crippen LogP contribution in [0.2, 0.25) is 0 Å². The number of fused-ring (bicyclic) bond motifs is 1. The molecule has 0 bridgehead atoms. The summed E-state index contributed by atoms with van der Waals surface area (Å²) in [7, 11) is 0. The zero-order valence-electron chi connectivity index (χ0n) is 19.3. The quantitative estimate of drug-likeness (QED) is 0.444. The molecule has 168 valence electrons. The van der Waals surface area contributed by atoms with E-state index in [1.807, 2.05) is 44.2 Å². The molecule has 0 atom stereocenters. The Hall–Kier alpha value is -3.08. The summed E-state index contributed by atoms with van der Waals surface area (Å²) >= 11 is 0. The average molecular weight is 433 g/mol. The number of ether oxygens (including phenoxy) is 1. The molecule has 2 aliphatic heterocycles. The minimum Gasteiger partial charge on any atom is -0.491 e. The molecule has 2 heterocycles. The second-order valence-corrected chi connectivity index (χ2v) is 8.82. The number of hydrogen-bond donors (Lipinski definition) is 0. The lowest BCUT2D eigenvalue weighted by Gasteiger charge is -2.31. The number of hydrogen-bond acceptors (Lipinski definition) is 4. The van der Waals surface area contributed by atoms with Crippen LogP contribution < -0.4 is 4.74 Å². The molecule has 0 radical (unpaired) electrons. The van der Waals surface area contributed by atoms with Crippen molar-refractivity contribution in [2.75, 3.05) is 13.1 Å². The van der Waals surface area contributed by atoms with E-state index in [2.05, 4.69) is 30.0 Å². The molecule has 0 unspecified atom stereocenters. The van der Waals surface area contributed by atoms with Gasteiger partial charge in [-0.3, -0.25) is 14.5 Å². The van der Waals surface area contributed by atoms with Gasteiger partial charge in [-0.25, -0.2) is 0 Å². The van der Waals surface area contributed by atoms with Gasteiger partial charge in [-0.1, -0.05) is 56.2 Å². The Kier molecular flexibility index (Phi) is 6.63. The van der Waals surface area contributed by atoms with Crippen molar-refractivity contribution in [1.82, 2.24) is 9.80 Å². The van der Waals surface area contributed by atoms with E-state index in [0.717, 1.165) is 43.5 Å². The smallest absolute Gasteiger partial charge is 0.277 e. The fourth-order valence-corrected chi connectivity index (χ4v) is 4.50. The number of unbranched alkanes of at least 4 members (excludes halogenated alkanes) is 2. The fraction of sp³-hybridized carbons (Fsp3) is 0.407. The van der Waals surface area contributed by atoms with Crippen molar-refractivity contribution in [3.8, 4) is 5.75 Å². The Balaban J connectivity index is 1.69. The maximum absolute atomic E-state index is 13.5. The molecular weight excluding hydrogens is 400 g/mol. The van der Waals surface area contributed by atoms with Crippen molar-refractivity contribution in [1.29, 1.82) is 0 Å². The molecule has 5 nitrogen and oxygen atoms in total. The molecule has 2 aliphatic rings. The van der Waals surface area contributed by atoms with Crippen molar-refractivity contribution in [2.24, 2.45) is 0 Å². The van der Waals surface area contributed by atoms with E-state index in [1.165, 1.54) is 16.0 Å². The first-order valence-electron chi connectivity index (χ1n) is 11.7. The third kappa shape index (κ3) is 4.43. The largest absolute Gasteiger partial charge is 0.491 e. The van der Waals surface area contributed by atoms with E-state index in [4.69, 9.17) is 4.74 Å². The highest BCUT2D eigenvalue weighted by molar-refractivity contribution is 6.35. The Morgan fingerprint density at radius 3 is 2.34 bits per heavy atom. The molecule has 0 spiro atoms. The van der Waals surface area contributed by atoms with Crippen LogP contribution in [-0.4, -0.2) is 40.8 Å². The van der Waals surface area contributed by atoms with Crippen LogP contribution in [0.3, 0.4) is 0 Å². The second-order valence-electron chi connectivity index (χ2n) is 8.82. The molecule has 0 saturated carbocycles. The topological polar surface area (TPSA) is 49.9 Å². The lowest BCUT2D eigenvalue weighted by molar-refractivity contribution is -0.137. The van der Waals surface area contributed by atoms with Crippen LogP contribution in [0.1, 0.15) is 56.7 Å². The molecule has 0 aromatic heterocycles. The number of rotatable bonds is 8. The summed E-state index contributed by atoms with van der Waals surface area (Å²) in [5, 5.41) is 0. The van der Waals surface area contributed by atoms with Crippen molar-refractivity contribution >= 4 is 17.4 Å². The molecule has 0 N–H and O–H groups in total. The van der Waals surface area contributed by atoms with Gasteiger partial charge >= 0.3 is 0 Å². The van der Waals surface area contributed by atoms with Crippen molar-refractivity contribution in [3.05, 3.63) is 70.9 Å². The molecule has 0 fully saturated rings. The van der Waals surface area contributed by atoms with Crippen LogP contribution in [0.15, 0.2) is 54.2 Å². The number of carbonyl (C=O) groups excluding carboxylic acids is 2. The highest BCUT2D eigenvalue weighted by Crippen LogP contribution is 2.35. The normalized spacial score (nSPS) is 16.2. The van der Waals surface area contributed by atoms with E-state index in [0.29, 0.717) is 24.4 Å². The van der Waals surface area contributed by atoms with Gasteiger partial charge in [-0.2, -0.15) is 0 Å². The summed E-state index contributed by atoms with van der Waals surface area (Å²) in [6.45, 7) is 7.93. The number of carbonyl (C=O) groups is 2. The molecule has 5 heteroatoms. The summed E-state index contributed by atoms with van der Waals surface area (Å²) in [6, 6.07) is 15.9. The highest BCUT2D eigenvalue weighted by atomic mass is 16.5. The number of nitrogens with zero attached hydrogens (tertiary/aromatic N) is 2. The first kappa shape index (κ1) is 22.1. The van der Waals surface area contributed by atoms with Gasteiger partial charge in [0.15, 0.2) is 0 Å². The second kappa shape index (κ2) is 9.60. The van der Waals surface area contributed by atoms with Crippen molar-refractivity contribution in [3.63, 3.8) is 0 Å². The minimum atomic E-state index is -0.183. The van der Waals surface area contributed by atoms with Crippen molar-refractivity contribution in [2.45, 2.75) is 59.1 Å². The van der Waals surface area contributed by atoms with Crippen LogP contribution >= 0.6 is 0 Å². The summed E-state index contributed by atoms with van der Waals surface area (Å²) in [5.74, 6) is 0.412. The van der Waals surface area contributed by atoms with Gasteiger partial charge in [0.2, 0.25) is 0 Å². The van der Waals surface area contributed by atoms with Crippen LogP contribution in [0.25, 0.3) is 5.57 Å². The Morgan fingerprint density at radius 2 is 1.66 bits per heavy atom. The first-order valence-corrected chi connectivity index (χ1v) is 11.7. The van der Waals surface area contributed by atoms with Gasteiger partial charge in [0.25, 0.3) is 11.8 Å². The maximum atomic E-state index is 13.5. The number of imide groups is 1. The lowest BCUT2D eigenvalue weighted by atomic mass is 9.98. The van der Waals surface area contributed by atoms with Gasteiger partial charge in [0.05, 0.1) is 11.7 Å². The predicted molar refractivity (Wildman–Crippen MR) is 126 cm³/mol. The zero-order valence-corrected chi connectivity index (χ0v) is 19.3. The summed E-state index contributed by atoms with van der Waals surface area (Å²) in [6.07, 6.45) is 3.82. The molecule has 4 rings (SSSR count). The number of benzene rings is 2. The van der Waals surface area contributed by atoms with E-state index in [1.54, 1.807) is 0 Å². The molecule has 2 amide bonds. The summed E-state index contributed by atoms with van der Waals surface area (Å²) in [4.78, 5) is 30.5. The Bertz CT molecular complexity index is 1020. The zero-order chi connectivity index (χ0) is 22.7. The van der Waals surface area contributed by atoms with Gasteiger partial charge < -0.3 is 9.64 Å². The molecule has 0 saturated heterocycles. The molecule has 2 aromatic rings.